The number of carbonyl (C=O) groups is 2. The quantitative estimate of drug-likeness (QED) is 0.755. The van der Waals surface area contributed by atoms with E-state index in [-0.39, 0.29) is 24.8 Å². The normalized spacial score (nSPS) is 13.9. The van der Waals surface area contributed by atoms with Crippen molar-refractivity contribution in [1.29, 1.82) is 0 Å². The van der Waals surface area contributed by atoms with Gasteiger partial charge in [-0.25, -0.2) is 8.78 Å². The van der Waals surface area contributed by atoms with Gasteiger partial charge < -0.3 is 9.64 Å². The maximum Gasteiger partial charge on any atom is 0.325 e. The first kappa shape index (κ1) is 15.4. The fourth-order valence-electron chi connectivity index (χ4n) is 2.11. The summed E-state index contributed by atoms with van der Waals surface area (Å²) < 4.78 is 32.0. The Bertz CT molecular complexity index is 523. The van der Waals surface area contributed by atoms with Gasteiger partial charge in [-0.15, -0.1) is 0 Å². The van der Waals surface area contributed by atoms with Crippen LogP contribution in [0.1, 0.15) is 25.3 Å². The van der Waals surface area contributed by atoms with Gasteiger partial charge in [-0.1, -0.05) is 6.07 Å². The van der Waals surface area contributed by atoms with Crippen molar-refractivity contribution in [2.45, 2.75) is 32.2 Å². The lowest BCUT2D eigenvalue weighted by atomic mass is 10.1. The molecule has 0 N–H and O–H groups in total. The van der Waals surface area contributed by atoms with Crippen molar-refractivity contribution < 1.29 is 23.1 Å². The summed E-state index contributed by atoms with van der Waals surface area (Å²) in [7, 11) is 0. The molecule has 0 bridgehead atoms. The lowest BCUT2D eigenvalue weighted by molar-refractivity contribution is -0.149. The van der Waals surface area contributed by atoms with Crippen LogP contribution >= 0.6 is 0 Å². The van der Waals surface area contributed by atoms with Crippen LogP contribution < -0.4 is 0 Å². The summed E-state index contributed by atoms with van der Waals surface area (Å²) >= 11 is 0. The van der Waals surface area contributed by atoms with Gasteiger partial charge in [-0.2, -0.15) is 0 Å². The van der Waals surface area contributed by atoms with Crippen LogP contribution in [0.5, 0.6) is 0 Å². The molecule has 0 saturated heterocycles. The molecule has 1 aliphatic rings. The Hall–Kier alpha value is -1.98. The third-order valence-electron chi connectivity index (χ3n) is 3.30. The Kier molecular flexibility index (Phi) is 4.88. The molecular formula is C15H17F2NO3. The first-order chi connectivity index (χ1) is 10.0. The summed E-state index contributed by atoms with van der Waals surface area (Å²) in [6.45, 7) is 1.73. The molecule has 1 aliphatic carbocycles. The van der Waals surface area contributed by atoms with E-state index in [0.717, 1.165) is 25.0 Å². The van der Waals surface area contributed by atoms with E-state index in [4.69, 9.17) is 4.74 Å². The van der Waals surface area contributed by atoms with Crippen LogP contribution in [-0.2, 0) is 20.7 Å². The van der Waals surface area contributed by atoms with E-state index in [1.807, 2.05) is 0 Å². The minimum atomic E-state index is -0.754. The first-order valence-corrected chi connectivity index (χ1v) is 6.91. The minimum Gasteiger partial charge on any atom is -0.465 e. The van der Waals surface area contributed by atoms with Crippen molar-refractivity contribution in [3.05, 3.63) is 35.4 Å². The summed E-state index contributed by atoms with van der Waals surface area (Å²) in [5.74, 6) is -2.48. The molecule has 1 aromatic rings. The molecule has 0 spiro atoms. The van der Waals surface area contributed by atoms with E-state index in [2.05, 4.69) is 0 Å². The highest BCUT2D eigenvalue weighted by Crippen LogP contribution is 2.27. The van der Waals surface area contributed by atoms with Crippen molar-refractivity contribution in [2.75, 3.05) is 13.2 Å². The third kappa shape index (κ3) is 4.00. The molecule has 0 radical (unpaired) electrons. The Morgan fingerprint density at radius 1 is 1.29 bits per heavy atom. The summed E-state index contributed by atoms with van der Waals surface area (Å²) in [6, 6.07) is 3.43. The SMILES string of the molecule is CCOC(=O)CN(C(=O)Cc1c(F)cccc1F)C1CC1. The Balaban J connectivity index is 2.07. The molecule has 6 heteroatoms. The van der Waals surface area contributed by atoms with Gasteiger partial charge in [0.25, 0.3) is 0 Å². The second-order valence-electron chi connectivity index (χ2n) is 4.93. The van der Waals surface area contributed by atoms with E-state index in [0.29, 0.717) is 0 Å². The highest BCUT2D eigenvalue weighted by atomic mass is 19.1. The topological polar surface area (TPSA) is 46.6 Å². The smallest absolute Gasteiger partial charge is 0.325 e. The fourth-order valence-corrected chi connectivity index (χ4v) is 2.11. The van der Waals surface area contributed by atoms with E-state index in [1.54, 1.807) is 6.92 Å². The second kappa shape index (κ2) is 6.65. The molecule has 0 heterocycles. The fraction of sp³-hybridized carbons (Fsp3) is 0.467. The van der Waals surface area contributed by atoms with Crippen molar-refractivity contribution in [2.24, 2.45) is 0 Å². The highest BCUT2D eigenvalue weighted by Gasteiger charge is 2.34. The molecule has 1 fully saturated rings. The monoisotopic (exact) mass is 297 g/mol. The molecular weight excluding hydrogens is 280 g/mol. The molecule has 21 heavy (non-hydrogen) atoms. The average Bonchev–Trinajstić information content (AvgIpc) is 3.25. The molecule has 1 amide bonds. The lowest BCUT2D eigenvalue weighted by Crippen LogP contribution is -2.39. The van der Waals surface area contributed by atoms with E-state index in [1.165, 1.54) is 11.0 Å². The average molecular weight is 297 g/mol. The number of benzene rings is 1. The summed E-state index contributed by atoms with van der Waals surface area (Å²) in [5, 5.41) is 0. The van der Waals surface area contributed by atoms with Crippen LogP contribution in [0.3, 0.4) is 0 Å². The maximum atomic E-state index is 13.6. The summed E-state index contributed by atoms with van der Waals surface area (Å²) in [4.78, 5) is 25.1. The van der Waals surface area contributed by atoms with E-state index >= 15 is 0 Å². The van der Waals surface area contributed by atoms with Gasteiger partial charge in [0.05, 0.1) is 13.0 Å². The molecule has 114 valence electrons. The molecule has 0 aromatic heterocycles. The first-order valence-electron chi connectivity index (χ1n) is 6.91. The Morgan fingerprint density at radius 3 is 2.43 bits per heavy atom. The zero-order valence-corrected chi connectivity index (χ0v) is 11.8. The molecule has 1 aromatic carbocycles. The zero-order chi connectivity index (χ0) is 15.4. The van der Waals surface area contributed by atoms with Gasteiger partial charge in [0.2, 0.25) is 5.91 Å². The summed E-state index contributed by atoms with van der Waals surface area (Å²) in [5.41, 5.74) is -0.267. The van der Waals surface area contributed by atoms with Crippen molar-refractivity contribution in [3.8, 4) is 0 Å². The van der Waals surface area contributed by atoms with Gasteiger partial charge in [0.15, 0.2) is 0 Å². The molecule has 0 unspecified atom stereocenters. The maximum absolute atomic E-state index is 13.6. The molecule has 1 saturated carbocycles. The van der Waals surface area contributed by atoms with Gasteiger partial charge in [0.1, 0.15) is 18.2 Å². The van der Waals surface area contributed by atoms with Crippen LogP contribution in [0.4, 0.5) is 8.78 Å². The number of hydrogen-bond acceptors (Lipinski definition) is 3. The van der Waals surface area contributed by atoms with Crippen molar-refractivity contribution in [3.63, 3.8) is 0 Å². The number of halogens is 2. The number of rotatable bonds is 6. The van der Waals surface area contributed by atoms with E-state index in [9.17, 15) is 18.4 Å². The highest BCUT2D eigenvalue weighted by molar-refractivity contribution is 5.84. The number of nitrogens with zero attached hydrogens (tertiary/aromatic N) is 1. The van der Waals surface area contributed by atoms with Gasteiger partial charge in [-0.3, -0.25) is 9.59 Å². The summed E-state index contributed by atoms with van der Waals surface area (Å²) in [6.07, 6.45) is 1.20. The number of amides is 1. The number of ether oxygens (including phenoxy) is 1. The number of hydrogen-bond donors (Lipinski definition) is 0. The lowest BCUT2D eigenvalue weighted by Gasteiger charge is -2.21. The molecule has 0 aliphatic heterocycles. The van der Waals surface area contributed by atoms with Crippen molar-refractivity contribution >= 4 is 11.9 Å². The second-order valence-corrected chi connectivity index (χ2v) is 4.93. The predicted octanol–water partition coefficient (Wildman–Crippen LogP) is 2.06. The van der Waals surface area contributed by atoms with Crippen LogP contribution in [-0.4, -0.2) is 36.0 Å². The van der Waals surface area contributed by atoms with Crippen LogP contribution in [0.15, 0.2) is 18.2 Å². The van der Waals surface area contributed by atoms with Gasteiger partial charge in [-0.05, 0) is 31.9 Å². The van der Waals surface area contributed by atoms with Gasteiger partial charge >= 0.3 is 5.97 Å². The predicted molar refractivity (Wildman–Crippen MR) is 71.4 cm³/mol. The van der Waals surface area contributed by atoms with Crippen molar-refractivity contribution in [1.82, 2.24) is 4.90 Å². The van der Waals surface area contributed by atoms with Crippen LogP contribution in [0.25, 0.3) is 0 Å². The largest absolute Gasteiger partial charge is 0.465 e. The molecule has 0 atom stereocenters. The third-order valence-corrected chi connectivity index (χ3v) is 3.30. The molecule has 2 rings (SSSR count). The molecule has 4 nitrogen and oxygen atoms in total. The number of esters is 1. The van der Waals surface area contributed by atoms with Crippen LogP contribution in [0.2, 0.25) is 0 Å². The Morgan fingerprint density at radius 2 is 1.90 bits per heavy atom. The minimum absolute atomic E-state index is 0.0308. The standard InChI is InChI=1S/C15H17F2NO3/c1-2-21-15(20)9-18(10-6-7-10)14(19)8-11-12(16)4-3-5-13(11)17/h3-5,10H,2,6-9H2,1H3. The van der Waals surface area contributed by atoms with Gasteiger partial charge in [0, 0.05) is 11.6 Å². The number of carbonyl (C=O) groups excluding carboxylic acids is 2. The zero-order valence-electron chi connectivity index (χ0n) is 11.8. The Labute approximate surface area is 121 Å². The van der Waals surface area contributed by atoms with Crippen LogP contribution in [0, 0.1) is 11.6 Å². The van der Waals surface area contributed by atoms with E-state index < -0.39 is 29.9 Å².